The van der Waals surface area contributed by atoms with Crippen LogP contribution in [0.4, 0.5) is 4.39 Å². The highest BCUT2D eigenvalue weighted by atomic mass is 79.9. The van der Waals surface area contributed by atoms with Crippen molar-refractivity contribution in [2.24, 2.45) is 28.9 Å². The van der Waals surface area contributed by atoms with Crippen molar-refractivity contribution in [2.75, 3.05) is 6.54 Å². The zero-order valence-corrected chi connectivity index (χ0v) is 20.0. The largest absolute Gasteiger partial charge is 0.369 e. The van der Waals surface area contributed by atoms with Crippen molar-refractivity contribution in [1.29, 1.82) is 0 Å². The van der Waals surface area contributed by atoms with Gasteiger partial charge in [-0.3, -0.25) is 9.59 Å². The molecule has 6 rings (SSSR count). The molecule has 2 amide bonds. The number of nitrogens with one attached hydrogen (secondary N) is 1. The summed E-state index contributed by atoms with van der Waals surface area (Å²) >= 11 is 3.04. The van der Waals surface area contributed by atoms with E-state index < -0.39 is 21.3 Å². The van der Waals surface area contributed by atoms with Gasteiger partial charge in [0, 0.05) is 17.5 Å². The smallest absolute Gasteiger partial charge is 0.243 e. The lowest BCUT2D eigenvalue weighted by molar-refractivity contribution is -0.147. The van der Waals surface area contributed by atoms with Gasteiger partial charge in [0.25, 0.3) is 0 Å². The minimum Gasteiger partial charge on any atom is -0.369 e. The third kappa shape index (κ3) is 3.77. The topological polar surface area (TPSA) is 110 Å². The van der Waals surface area contributed by atoms with Crippen molar-refractivity contribution in [2.45, 2.75) is 61.9 Å². The molecule has 0 aliphatic heterocycles. The van der Waals surface area contributed by atoms with Gasteiger partial charge in [-0.15, -0.1) is 0 Å². The molecule has 1 aromatic rings. The predicted octanol–water partition coefficient (Wildman–Crippen LogP) is 2.54. The van der Waals surface area contributed by atoms with Crippen LogP contribution in [0.3, 0.4) is 0 Å². The highest BCUT2D eigenvalue weighted by molar-refractivity contribution is 9.10. The Morgan fingerprint density at radius 2 is 1.84 bits per heavy atom. The van der Waals surface area contributed by atoms with Crippen LogP contribution >= 0.6 is 15.9 Å². The lowest BCUT2D eigenvalue weighted by Crippen LogP contribution is -2.62. The van der Waals surface area contributed by atoms with Crippen molar-refractivity contribution in [3.63, 3.8) is 0 Å². The van der Waals surface area contributed by atoms with Gasteiger partial charge in [0.15, 0.2) is 0 Å². The zero-order chi connectivity index (χ0) is 22.8. The summed E-state index contributed by atoms with van der Waals surface area (Å²) in [7, 11) is -4.00. The maximum absolute atomic E-state index is 14.0. The van der Waals surface area contributed by atoms with Gasteiger partial charge in [-0.05, 0) is 96.8 Å². The lowest BCUT2D eigenvalue weighted by Gasteiger charge is -2.58. The van der Waals surface area contributed by atoms with Crippen molar-refractivity contribution in [3.05, 3.63) is 28.5 Å². The van der Waals surface area contributed by atoms with Gasteiger partial charge in [0.2, 0.25) is 21.8 Å². The van der Waals surface area contributed by atoms with Crippen LogP contribution in [0.1, 0.15) is 44.9 Å². The Balaban J connectivity index is 1.31. The number of sulfonamides is 1. The quantitative estimate of drug-likeness (QED) is 0.567. The maximum atomic E-state index is 14.0. The van der Waals surface area contributed by atoms with Crippen LogP contribution in [0.5, 0.6) is 0 Å². The van der Waals surface area contributed by atoms with E-state index in [9.17, 15) is 22.4 Å². The Labute approximate surface area is 195 Å². The number of hydrogen-bond acceptors (Lipinski definition) is 4. The molecule has 1 aromatic carbocycles. The molecule has 0 spiro atoms. The summed E-state index contributed by atoms with van der Waals surface area (Å²) in [5.74, 6) is -0.362. The van der Waals surface area contributed by atoms with Gasteiger partial charge in [-0.1, -0.05) is 0 Å². The summed E-state index contributed by atoms with van der Waals surface area (Å²) in [6, 6.07) is 3.38. The first-order valence-corrected chi connectivity index (χ1v) is 13.4. The number of hydrogen-bond donors (Lipinski definition) is 2. The maximum Gasteiger partial charge on any atom is 0.243 e. The second-order valence-electron chi connectivity index (χ2n) is 10.1. The minimum atomic E-state index is -4.00. The molecule has 3 N–H and O–H groups in total. The molecule has 2 atom stereocenters. The van der Waals surface area contributed by atoms with E-state index in [0.29, 0.717) is 31.6 Å². The Kier molecular flexibility index (Phi) is 5.41. The molecule has 2 unspecified atom stereocenters. The van der Waals surface area contributed by atoms with Crippen LogP contribution in [-0.4, -0.2) is 43.2 Å². The van der Waals surface area contributed by atoms with Crippen LogP contribution in [-0.2, 0) is 19.6 Å². The summed E-state index contributed by atoms with van der Waals surface area (Å²) in [6.45, 7) is -0.287. The number of nitrogens with zero attached hydrogens (tertiary/aromatic N) is 1. The Bertz CT molecular complexity index is 1060. The van der Waals surface area contributed by atoms with Gasteiger partial charge in [-0.25, -0.2) is 12.8 Å². The first kappa shape index (κ1) is 22.3. The van der Waals surface area contributed by atoms with Crippen LogP contribution < -0.4 is 11.1 Å². The molecule has 0 saturated heterocycles. The number of carbonyl (C=O) groups is 2. The first-order chi connectivity index (χ1) is 15.1. The highest BCUT2D eigenvalue weighted by Gasteiger charge is 2.58. The van der Waals surface area contributed by atoms with Gasteiger partial charge in [0.05, 0.1) is 15.9 Å². The SMILES string of the molecule is NC(=O)C12CC3CC(C1)C(NC(=O)CN(C1CC1)S(=O)(=O)c1ccc(Br)c(F)c1)C(C3)C2. The van der Waals surface area contributed by atoms with E-state index in [2.05, 4.69) is 21.2 Å². The molecule has 0 aromatic heterocycles. The van der Waals surface area contributed by atoms with Crippen molar-refractivity contribution >= 4 is 37.8 Å². The van der Waals surface area contributed by atoms with Crippen LogP contribution in [0.25, 0.3) is 0 Å². The normalized spacial score (nSPS) is 33.5. The van der Waals surface area contributed by atoms with E-state index >= 15 is 0 Å². The second kappa shape index (κ2) is 7.77. The summed E-state index contributed by atoms with van der Waals surface area (Å²) in [5, 5.41) is 3.10. The summed E-state index contributed by atoms with van der Waals surface area (Å²) in [4.78, 5) is 25.0. The van der Waals surface area contributed by atoms with Crippen molar-refractivity contribution in [1.82, 2.24) is 9.62 Å². The number of carbonyl (C=O) groups excluding carboxylic acids is 2. The molecule has 5 aliphatic rings. The van der Waals surface area contributed by atoms with E-state index in [1.807, 2.05) is 0 Å². The monoisotopic (exact) mass is 527 g/mol. The third-order valence-electron chi connectivity index (χ3n) is 7.87. The average molecular weight is 528 g/mol. The molecule has 0 heterocycles. The van der Waals surface area contributed by atoms with Crippen molar-refractivity contribution < 1.29 is 22.4 Å². The molecule has 10 heteroatoms. The molecule has 0 radical (unpaired) electrons. The second-order valence-corrected chi connectivity index (χ2v) is 12.8. The molecule has 4 bridgehead atoms. The Morgan fingerprint density at radius 1 is 1.19 bits per heavy atom. The molecular formula is C22H27BrFN3O4S. The predicted molar refractivity (Wildman–Crippen MR) is 118 cm³/mol. The number of benzene rings is 1. The van der Waals surface area contributed by atoms with Crippen LogP contribution in [0, 0.1) is 29.0 Å². The van der Waals surface area contributed by atoms with Crippen molar-refractivity contribution in [3.8, 4) is 0 Å². The number of primary amides is 1. The number of nitrogens with two attached hydrogens (primary N) is 1. The Morgan fingerprint density at radius 3 is 2.41 bits per heavy atom. The van der Waals surface area contributed by atoms with E-state index in [1.165, 1.54) is 16.4 Å². The summed E-state index contributed by atoms with van der Waals surface area (Å²) in [6.07, 6.45) is 5.56. The Hall–Kier alpha value is -1.52. The van der Waals surface area contributed by atoms with E-state index in [1.54, 1.807) is 0 Å². The number of rotatable bonds is 7. The van der Waals surface area contributed by atoms with E-state index in [0.717, 1.165) is 25.3 Å². The van der Waals surface area contributed by atoms with Crippen LogP contribution in [0.2, 0.25) is 0 Å². The van der Waals surface area contributed by atoms with Crippen LogP contribution in [0.15, 0.2) is 27.6 Å². The summed E-state index contributed by atoms with van der Waals surface area (Å²) < 4.78 is 41.7. The van der Waals surface area contributed by atoms with Gasteiger partial charge in [0.1, 0.15) is 5.82 Å². The minimum absolute atomic E-state index is 0.0552. The first-order valence-electron chi connectivity index (χ1n) is 11.2. The van der Waals surface area contributed by atoms with E-state index in [4.69, 9.17) is 5.73 Å². The molecule has 5 fully saturated rings. The average Bonchev–Trinajstić information content (AvgIpc) is 3.55. The fourth-order valence-electron chi connectivity index (χ4n) is 6.48. The van der Waals surface area contributed by atoms with Gasteiger partial charge >= 0.3 is 0 Å². The molecule has 5 saturated carbocycles. The number of halogens is 2. The molecular weight excluding hydrogens is 501 g/mol. The molecule has 174 valence electrons. The lowest BCUT2D eigenvalue weighted by atomic mass is 9.47. The van der Waals surface area contributed by atoms with Gasteiger partial charge in [-0.2, -0.15) is 4.31 Å². The highest BCUT2D eigenvalue weighted by Crippen LogP contribution is 2.59. The fraction of sp³-hybridized carbons (Fsp3) is 0.636. The fourth-order valence-corrected chi connectivity index (χ4v) is 8.38. The standard InChI is InChI=1S/C22H27BrFN3O4S/c23-17-4-3-16(7-18(17)24)32(30,31)27(15-1-2-15)11-19(28)26-20-13-5-12-6-14(20)10-22(8-12,9-13)21(25)29/h3-4,7,12-15,20H,1-2,5-6,8-11H2,(H2,25,29)(H,26,28). The third-order valence-corrected chi connectivity index (χ3v) is 10.4. The molecule has 7 nitrogen and oxygen atoms in total. The summed E-state index contributed by atoms with van der Waals surface area (Å²) in [5.41, 5.74) is 5.30. The van der Waals surface area contributed by atoms with E-state index in [-0.39, 0.29) is 51.6 Å². The molecule has 5 aliphatic carbocycles. The zero-order valence-electron chi connectivity index (χ0n) is 17.6. The van der Waals surface area contributed by atoms with Gasteiger partial charge < -0.3 is 11.1 Å². The molecule has 32 heavy (non-hydrogen) atoms. The number of amides is 2.